The van der Waals surface area contributed by atoms with Gasteiger partial charge in [0.05, 0.1) is 5.92 Å². The minimum Gasteiger partial charge on any atom is -0.359 e. The second-order valence-electron chi connectivity index (χ2n) is 7.82. The van der Waals surface area contributed by atoms with Crippen LogP contribution in [0.15, 0.2) is 35.4 Å². The van der Waals surface area contributed by atoms with Gasteiger partial charge in [-0.3, -0.25) is 19.0 Å². The number of carbonyl (C=O) groups excluding carboxylic acids is 2. The predicted molar refractivity (Wildman–Crippen MR) is 125 cm³/mol. The second-order valence-corrected chi connectivity index (χ2v) is 8.80. The SMILES string of the molecule is CCc1ccc(NC(=O)Cn2cnc3nc(N4CCC[C@@H](C(=O)NC)C4)sc3c2=O)cc1. The molecule has 0 radical (unpaired) electrons. The third-order valence-corrected chi connectivity index (χ3v) is 6.73. The van der Waals surface area contributed by atoms with E-state index in [0.29, 0.717) is 27.7 Å². The van der Waals surface area contributed by atoms with Gasteiger partial charge < -0.3 is 15.5 Å². The Morgan fingerprint density at radius 1 is 1.25 bits per heavy atom. The van der Waals surface area contributed by atoms with Crippen molar-refractivity contribution < 1.29 is 9.59 Å². The van der Waals surface area contributed by atoms with Crippen LogP contribution in [0.1, 0.15) is 25.3 Å². The smallest absolute Gasteiger partial charge is 0.273 e. The molecule has 4 rings (SSSR count). The number of aryl methyl sites for hydroxylation is 1. The fourth-order valence-electron chi connectivity index (χ4n) is 3.83. The van der Waals surface area contributed by atoms with Crippen molar-refractivity contribution in [1.82, 2.24) is 19.9 Å². The number of amides is 2. The van der Waals surface area contributed by atoms with Crippen molar-refractivity contribution in [3.63, 3.8) is 0 Å². The van der Waals surface area contributed by atoms with Gasteiger partial charge in [-0.15, -0.1) is 0 Å². The van der Waals surface area contributed by atoms with Crippen LogP contribution in [0.25, 0.3) is 10.3 Å². The molecule has 2 aromatic heterocycles. The third kappa shape index (κ3) is 4.64. The molecule has 32 heavy (non-hydrogen) atoms. The summed E-state index contributed by atoms with van der Waals surface area (Å²) in [7, 11) is 1.64. The number of nitrogens with one attached hydrogen (secondary N) is 2. The first-order valence-electron chi connectivity index (χ1n) is 10.7. The number of carbonyl (C=O) groups is 2. The summed E-state index contributed by atoms with van der Waals surface area (Å²) in [5, 5.41) is 6.19. The van der Waals surface area contributed by atoms with Gasteiger partial charge in [-0.1, -0.05) is 30.4 Å². The number of benzene rings is 1. The van der Waals surface area contributed by atoms with Crippen LogP contribution in [0.2, 0.25) is 0 Å². The minimum atomic E-state index is -0.299. The molecule has 168 valence electrons. The highest BCUT2D eigenvalue weighted by atomic mass is 32.1. The average Bonchev–Trinajstić information content (AvgIpc) is 3.26. The molecule has 0 aliphatic carbocycles. The zero-order valence-electron chi connectivity index (χ0n) is 18.1. The van der Waals surface area contributed by atoms with E-state index in [1.807, 2.05) is 29.2 Å². The number of piperidine rings is 1. The number of anilines is 2. The number of nitrogens with zero attached hydrogens (tertiary/aromatic N) is 4. The van der Waals surface area contributed by atoms with Gasteiger partial charge in [0.15, 0.2) is 10.8 Å². The van der Waals surface area contributed by atoms with Crippen molar-refractivity contribution in [3.05, 3.63) is 46.5 Å². The minimum absolute atomic E-state index is 0.0200. The third-order valence-electron chi connectivity index (χ3n) is 5.64. The molecule has 2 amide bonds. The zero-order chi connectivity index (χ0) is 22.7. The summed E-state index contributed by atoms with van der Waals surface area (Å²) in [6, 6.07) is 7.62. The summed E-state index contributed by atoms with van der Waals surface area (Å²) in [6.07, 6.45) is 4.00. The molecule has 0 bridgehead atoms. The van der Waals surface area contributed by atoms with Crippen LogP contribution >= 0.6 is 11.3 Å². The summed E-state index contributed by atoms with van der Waals surface area (Å²) < 4.78 is 1.70. The first-order valence-corrected chi connectivity index (χ1v) is 11.5. The summed E-state index contributed by atoms with van der Waals surface area (Å²) in [5.74, 6) is -0.376. The van der Waals surface area contributed by atoms with Crippen molar-refractivity contribution >= 4 is 44.3 Å². The van der Waals surface area contributed by atoms with Crippen LogP contribution in [0.3, 0.4) is 0 Å². The van der Waals surface area contributed by atoms with Crippen LogP contribution < -0.4 is 21.1 Å². The van der Waals surface area contributed by atoms with Gasteiger partial charge in [-0.2, -0.15) is 4.98 Å². The Bertz CT molecular complexity index is 1190. The lowest BCUT2D eigenvalue weighted by Gasteiger charge is -2.31. The second kappa shape index (κ2) is 9.47. The Hall–Kier alpha value is -3.27. The van der Waals surface area contributed by atoms with Crippen molar-refractivity contribution in [3.8, 4) is 0 Å². The lowest BCUT2D eigenvalue weighted by atomic mass is 9.98. The van der Waals surface area contributed by atoms with E-state index in [4.69, 9.17) is 0 Å². The lowest BCUT2D eigenvalue weighted by molar-refractivity contribution is -0.124. The Labute approximate surface area is 189 Å². The molecule has 9 nitrogen and oxygen atoms in total. The van der Waals surface area contributed by atoms with Gasteiger partial charge in [0.2, 0.25) is 11.8 Å². The topological polar surface area (TPSA) is 109 Å². The average molecular weight is 455 g/mol. The summed E-state index contributed by atoms with van der Waals surface area (Å²) in [4.78, 5) is 48.2. The quantitative estimate of drug-likeness (QED) is 0.590. The van der Waals surface area contributed by atoms with E-state index in [9.17, 15) is 14.4 Å². The van der Waals surface area contributed by atoms with Gasteiger partial charge in [-0.05, 0) is 37.0 Å². The molecule has 0 spiro atoms. The van der Waals surface area contributed by atoms with Crippen molar-refractivity contribution in [2.24, 2.45) is 5.92 Å². The Kier molecular flexibility index (Phi) is 6.50. The molecule has 0 saturated carbocycles. The molecule has 1 aromatic carbocycles. The first kappa shape index (κ1) is 21.9. The highest BCUT2D eigenvalue weighted by molar-refractivity contribution is 7.22. The van der Waals surface area contributed by atoms with E-state index >= 15 is 0 Å². The van der Waals surface area contributed by atoms with Gasteiger partial charge >= 0.3 is 0 Å². The van der Waals surface area contributed by atoms with Crippen LogP contribution in [-0.4, -0.2) is 46.5 Å². The molecule has 2 N–H and O–H groups in total. The lowest BCUT2D eigenvalue weighted by Crippen LogP contribution is -2.42. The fourth-order valence-corrected chi connectivity index (χ4v) is 4.83. The van der Waals surface area contributed by atoms with E-state index in [1.165, 1.54) is 27.8 Å². The monoisotopic (exact) mass is 454 g/mol. The van der Waals surface area contributed by atoms with Gasteiger partial charge in [0.1, 0.15) is 17.6 Å². The van der Waals surface area contributed by atoms with Gasteiger partial charge in [-0.25, -0.2) is 4.98 Å². The van der Waals surface area contributed by atoms with E-state index in [-0.39, 0.29) is 29.8 Å². The van der Waals surface area contributed by atoms with E-state index < -0.39 is 0 Å². The number of aromatic nitrogens is 3. The molecule has 1 aliphatic heterocycles. The summed E-state index contributed by atoms with van der Waals surface area (Å²) in [6.45, 7) is 3.28. The largest absolute Gasteiger partial charge is 0.359 e. The van der Waals surface area contributed by atoms with E-state index in [2.05, 4.69) is 27.5 Å². The maximum Gasteiger partial charge on any atom is 0.273 e. The highest BCUT2D eigenvalue weighted by Crippen LogP contribution is 2.29. The predicted octanol–water partition coefficient (Wildman–Crippen LogP) is 2.02. The highest BCUT2D eigenvalue weighted by Gasteiger charge is 2.27. The Balaban J connectivity index is 1.49. The first-order chi connectivity index (χ1) is 15.5. The van der Waals surface area contributed by atoms with Gasteiger partial charge in [0.25, 0.3) is 5.56 Å². The standard InChI is InChI=1S/C22H26N6O3S/c1-3-14-6-8-16(9-7-14)25-17(29)12-28-13-24-19-18(21(28)31)32-22(26-19)27-10-4-5-15(11-27)20(30)23-2/h6-9,13,15H,3-5,10-12H2,1-2H3,(H,23,30)(H,25,29)/t15-/m1/s1. The number of hydrogen-bond acceptors (Lipinski definition) is 7. The molecular formula is C22H26N6O3S. The van der Waals surface area contributed by atoms with Crippen molar-refractivity contribution in [2.75, 3.05) is 30.4 Å². The van der Waals surface area contributed by atoms with Crippen LogP contribution in [0.5, 0.6) is 0 Å². The number of thiazole rings is 1. The maximum atomic E-state index is 12.9. The van der Waals surface area contributed by atoms with Crippen molar-refractivity contribution in [1.29, 1.82) is 0 Å². The van der Waals surface area contributed by atoms with Crippen molar-refractivity contribution in [2.45, 2.75) is 32.7 Å². The molecule has 0 unspecified atom stereocenters. The maximum absolute atomic E-state index is 12.9. The molecule has 1 saturated heterocycles. The fraction of sp³-hybridized carbons (Fsp3) is 0.409. The molecule has 1 atom stereocenters. The number of hydrogen-bond donors (Lipinski definition) is 2. The molecule has 1 aliphatic rings. The zero-order valence-corrected chi connectivity index (χ0v) is 18.9. The normalized spacial score (nSPS) is 16.2. The van der Waals surface area contributed by atoms with Gasteiger partial charge in [0, 0.05) is 25.8 Å². The number of fused-ring (bicyclic) bond motifs is 1. The Morgan fingerprint density at radius 3 is 2.75 bits per heavy atom. The molecule has 1 fully saturated rings. The summed E-state index contributed by atoms with van der Waals surface area (Å²) in [5.41, 5.74) is 1.94. The summed E-state index contributed by atoms with van der Waals surface area (Å²) >= 11 is 1.26. The molecule has 3 heterocycles. The van der Waals surface area contributed by atoms with Crippen LogP contribution in [0.4, 0.5) is 10.8 Å². The number of rotatable bonds is 6. The molecule has 3 aromatic rings. The van der Waals surface area contributed by atoms with E-state index in [0.717, 1.165) is 25.8 Å². The Morgan fingerprint density at radius 2 is 2.03 bits per heavy atom. The molecule has 10 heteroatoms. The molecular weight excluding hydrogens is 428 g/mol. The van der Waals surface area contributed by atoms with Crippen LogP contribution in [0, 0.1) is 5.92 Å². The van der Waals surface area contributed by atoms with Crippen LogP contribution in [-0.2, 0) is 22.6 Å². The van der Waals surface area contributed by atoms with E-state index in [1.54, 1.807) is 7.05 Å².